The zero-order chi connectivity index (χ0) is 15.8. The largest absolute Gasteiger partial charge is 0.492 e. The van der Waals surface area contributed by atoms with E-state index in [0.29, 0.717) is 13.2 Å². The van der Waals surface area contributed by atoms with Crippen molar-refractivity contribution in [2.75, 3.05) is 32.8 Å². The summed E-state index contributed by atoms with van der Waals surface area (Å²) in [7, 11) is 0. The number of benzene rings is 1. The molecular formula is C17H24BrNO3. The number of rotatable bonds is 7. The van der Waals surface area contributed by atoms with Gasteiger partial charge < -0.3 is 14.4 Å². The van der Waals surface area contributed by atoms with Crippen molar-refractivity contribution in [3.05, 3.63) is 28.7 Å². The van der Waals surface area contributed by atoms with Gasteiger partial charge in [0.15, 0.2) is 0 Å². The van der Waals surface area contributed by atoms with Gasteiger partial charge in [-0.25, -0.2) is 0 Å². The number of piperidine rings is 1. The summed E-state index contributed by atoms with van der Waals surface area (Å²) in [6.07, 6.45) is 2.80. The van der Waals surface area contributed by atoms with Crippen molar-refractivity contribution in [2.24, 2.45) is 5.92 Å². The average molecular weight is 370 g/mol. The molecule has 5 heteroatoms. The number of hydrogen-bond donors (Lipinski definition) is 0. The highest BCUT2D eigenvalue weighted by Gasteiger charge is 2.25. The number of para-hydroxylation sites is 1. The van der Waals surface area contributed by atoms with Gasteiger partial charge in [-0.3, -0.25) is 4.79 Å². The summed E-state index contributed by atoms with van der Waals surface area (Å²) in [5.41, 5.74) is 0. The first-order valence-corrected chi connectivity index (χ1v) is 8.76. The Labute approximate surface area is 140 Å². The van der Waals surface area contributed by atoms with Crippen molar-refractivity contribution < 1.29 is 14.3 Å². The average Bonchev–Trinajstić information content (AvgIpc) is 2.54. The van der Waals surface area contributed by atoms with Crippen molar-refractivity contribution in [1.82, 2.24) is 4.90 Å². The number of likely N-dealkylation sites (tertiary alicyclic amines) is 1. The van der Waals surface area contributed by atoms with Crippen LogP contribution in [-0.2, 0) is 9.53 Å². The second-order valence-electron chi connectivity index (χ2n) is 5.50. The number of esters is 1. The van der Waals surface area contributed by atoms with E-state index in [4.69, 9.17) is 9.47 Å². The number of halogens is 1. The predicted octanol–water partition coefficient (Wildman–Crippen LogP) is 3.49. The minimum Gasteiger partial charge on any atom is -0.492 e. The minimum atomic E-state index is -0.0283. The molecular weight excluding hydrogens is 346 g/mol. The maximum atomic E-state index is 11.7. The SMILES string of the molecule is CCOC(=O)C1CCN(CCCOc2ccccc2Br)CC1. The Morgan fingerprint density at radius 2 is 2.05 bits per heavy atom. The van der Waals surface area contributed by atoms with Crippen LogP contribution in [0.5, 0.6) is 5.75 Å². The lowest BCUT2D eigenvalue weighted by atomic mass is 9.97. The van der Waals surface area contributed by atoms with Crippen molar-refractivity contribution in [3.63, 3.8) is 0 Å². The van der Waals surface area contributed by atoms with E-state index < -0.39 is 0 Å². The Kier molecular flexibility index (Phi) is 7.19. The molecule has 0 spiro atoms. The van der Waals surface area contributed by atoms with Crippen LogP contribution in [0.15, 0.2) is 28.7 Å². The number of hydrogen-bond acceptors (Lipinski definition) is 4. The topological polar surface area (TPSA) is 38.8 Å². The predicted molar refractivity (Wildman–Crippen MR) is 90.1 cm³/mol. The Hall–Kier alpha value is -1.07. The van der Waals surface area contributed by atoms with Crippen LogP contribution < -0.4 is 4.74 Å². The van der Waals surface area contributed by atoms with Gasteiger partial charge in [-0.05, 0) is 67.3 Å². The molecule has 1 aliphatic rings. The molecule has 1 fully saturated rings. The molecule has 2 rings (SSSR count). The lowest BCUT2D eigenvalue weighted by Crippen LogP contribution is -2.37. The molecule has 4 nitrogen and oxygen atoms in total. The number of carbonyl (C=O) groups is 1. The van der Waals surface area contributed by atoms with Gasteiger partial charge in [-0.2, -0.15) is 0 Å². The zero-order valence-corrected chi connectivity index (χ0v) is 14.7. The molecule has 0 aromatic heterocycles. The lowest BCUT2D eigenvalue weighted by molar-refractivity contribution is -0.149. The Morgan fingerprint density at radius 1 is 1.32 bits per heavy atom. The Balaban J connectivity index is 1.61. The van der Waals surface area contributed by atoms with Crippen LogP contribution in [0.25, 0.3) is 0 Å². The van der Waals surface area contributed by atoms with Crippen LogP contribution in [0, 0.1) is 5.92 Å². The molecule has 0 unspecified atom stereocenters. The molecule has 0 radical (unpaired) electrons. The Bertz CT molecular complexity index is 473. The second-order valence-corrected chi connectivity index (χ2v) is 6.35. The first-order valence-electron chi connectivity index (χ1n) is 7.97. The van der Waals surface area contributed by atoms with E-state index in [0.717, 1.165) is 49.1 Å². The summed E-state index contributed by atoms with van der Waals surface area (Å²) in [6, 6.07) is 7.90. The number of nitrogens with zero attached hydrogens (tertiary/aromatic N) is 1. The van der Waals surface area contributed by atoms with Crippen LogP contribution in [0.3, 0.4) is 0 Å². The fourth-order valence-electron chi connectivity index (χ4n) is 2.68. The van der Waals surface area contributed by atoms with Gasteiger partial charge in [0.2, 0.25) is 0 Å². The molecule has 1 aliphatic heterocycles. The first-order chi connectivity index (χ1) is 10.7. The van der Waals surface area contributed by atoms with Crippen molar-refractivity contribution in [1.29, 1.82) is 0 Å². The summed E-state index contributed by atoms with van der Waals surface area (Å²) in [4.78, 5) is 14.1. The van der Waals surface area contributed by atoms with E-state index in [9.17, 15) is 4.79 Å². The highest BCUT2D eigenvalue weighted by molar-refractivity contribution is 9.10. The van der Waals surface area contributed by atoms with Gasteiger partial charge in [0.05, 0.1) is 23.6 Å². The van der Waals surface area contributed by atoms with E-state index in [-0.39, 0.29) is 11.9 Å². The maximum Gasteiger partial charge on any atom is 0.309 e. The van der Waals surface area contributed by atoms with E-state index >= 15 is 0 Å². The maximum absolute atomic E-state index is 11.7. The zero-order valence-electron chi connectivity index (χ0n) is 13.1. The number of ether oxygens (including phenoxy) is 2. The molecule has 1 saturated heterocycles. The normalized spacial score (nSPS) is 16.5. The quantitative estimate of drug-likeness (QED) is 0.544. The summed E-state index contributed by atoms with van der Waals surface area (Å²) < 4.78 is 11.9. The van der Waals surface area contributed by atoms with Crippen LogP contribution in [0.1, 0.15) is 26.2 Å². The highest BCUT2D eigenvalue weighted by atomic mass is 79.9. The smallest absolute Gasteiger partial charge is 0.309 e. The van der Waals surface area contributed by atoms with E-state index in [1.165, 1.54) is 0 Å². The molecule has 0 N–H and O–H groups in total. The molecule has 122 valence electrons. The lowest BCUT2D eigenvalue weighted by Gasteiger charge is -2.30. The summed E-state index contributed by atoms with van der Waals surface area (Å²) in [5.74, 6) is 0.954. The van der Waals surface area contributed by atoms with Gasteiger partial charge >= 0.3 is 5.97 Å². The molecule has 22 heavy (non-hydrogen) atoms. The number of carbonyl (C=O) groups excluding carboxylic acids is 1. The molecule has 0 saturated carbocycles. The Morgan fingerprint density at radius 3 is 2.73 bits per heavy atom. The van der Waals surface area contributed by atoms with E-state index in [1.807, 2.05) is 31.2 Å². The van der Waals surface area contributed by atoms with Crippen LogP contribution in [0.4, 0.5) is 0 Å². The van der Waals surface area contributed by atoms with Crippen molar-refractivity contribution >= 4 is 21.9 Å². The van der Waals surface area contributed by atoms with Crippen LogP contribution >= 0.6 is 15.9 Å². The third-order valence-corrected chi connectivity index (χ3v) is 4.58. The highest BCUT2D eigenvalue weighted by Crippen LogP contribution is 2.24. The van der Waals surface area contributed by atoms with Gasteiger partial charge in [0.1, 0.15) is 5.75 Å². The third kappa shape index (κ3) is 5.29. The fraction of sp³-hybridized carbons (Fsp3) is 0.588. The van der Waals surface area contributed by atoms with Gasteiger partial charge in [-0.1, -0.05) is 12.1 Å². The molecule has 0 amide bonds. The standard InChI is InChI=1S/C17H24BrNO3/c1-2-21-17(20)14-8-11-19(12-9-14)10-5-13-22-16-7-4-3-6-15(16)18/h3-4,6-7,14H,2,5,8-13H2,1H3. The van der Waals surface area contributed by atoms with Crippen LogP contribution in [0.2, 0.25) is 0 Å². The molecule has 1 heterocycles. The second kappa shape index (κ2) is 9.16. The molecule has 1 aromatic carbocycles. The summed E-state index contributed by atoms with van der Waals surface area (Å²) in [5, 5.41) is 0. The van der Waals surface area contributed by atoms with E-state index in [2.05, 4.69) is 20.8 Å². The molecule has 1 aromatic rings. The van der Waals surface area contributed by atoms with Gasteiger partial charge in [-0.15, -0.1) is 0 Å². The summed E-state index contributed by atoms with van der Waals surface area (Å²) >= 11 is 3.48. The van der Waals surface area contributed by atoms with Crippen molar-refractivity contribution in [3.8, 4) is 5.75 Å². The fourth-order valence-corrected chi connectivity index (χ4v) is 3.08. The minimum absolute atomic E-state index is 0.0283. The molecule has 0 bridgehead atoms. The van der Waals surface area contributed by atoms with Gasteiger partial charge in [0, 0.05) is 6.54 Å². The summed E-state index contributed by atoms with van der Waals surface area (Å²) in [6.45, 7) is 6.00. The monoisotopic (exact) mass is 369 g/mol. The molecule has 0 atom stereocenters. The van der Waals surface area contributed by atoms with Crippen LogP contribution in [-0.4, -0.2) is 43.7 Å². The molecule has 0 aliphatic carbocycles. The van der Waals surface area contributed by atoms with Gasteiger partial charge in [0.25, 0.3) is 0 Å². The third-order valence-electron chi connectivity index (χ3n) is 3.92. The van der Waals surface area contributed by atoms with E-state index in [1.54, 1.807) is 0 Å². The first kappa shape index (κ1) is 17.3. The van der Waals surface area contributed by atoms with Crippen molar-refractivity contribution in [2.45, 2.75) is 26.2 Å².